The molecule has 0 aromatic carbocycles. The number of hydrogen-bond donors (Lipinski definition) is 1. The molecule has 0 aromatic rings. The van der Waals surface area contributed by atoms with Gasteiger partial charge in [0.2, 0.25) is 0 Å². The van der Waals surface area contributed by atoms with Crippen LogP contribution in [0.15, 0.2) is 0 Å². The summed E-state index contributed by atoms with van der Waals surface area (Å²) in [5.74, 6) is 0. The van der Waals surface area contributed by atoms with E-state index in [0.29, 0.717) is 5.54 Å². The first kappa shape index (κ1) is 16.3. The summed E-state index contributed by atoms with van der Waals surface area (Å²) >= 11 is 0. The minimum Gasteiger partial charge on any atom is -0.313 e. The number of rotatable bonds is 10. The van der Waals surface area contributed by atoms with Gasteiger partial charge in [0, 0.05) is 24.7 Å². The Balaban J connectivity index is 1.83. The molecule has 2 heteroatoms. The van der Waals surface area contributed by atoms with E-state index in [0.717, 1.165) is 6.04 Å². The van der Waals surface area contributed by atoms with Crippen molar-refractivity contribution in [3.8, 4) is 0 Å². The van der Waals surface area contributed by atoms with Crippen LogP contribution < -0.4 is 5.32 Å². The maximum atomic E-state index is 3.53. The molecule has 0 aromatic heterocycles. The second kappa shape index (κ2) is 8.38. The van der Waals surface area contributed by atoms with Crippen molar-refractivity contribution >= 4 is 0 Å². The topological polar surface area (TPSA) is 15.3 Å². The van der Waals surface area contributed by atoms with Crippen LogP contribution in [0.1, 0.15) is 84.5 Å². The van der Waals surface area contributed by atoms with E-state index >= 15 is 0 Å². The van der Waals surface area contributed by atoms with Crippen LogP contribution in [-0.2, 0) is 0 Å². The van der Waals surface area contributed by atoms with Gasteiger partial charge in [0.15, 0.2) is 0 Å². The van der Waals surface area contributed by atoms with Crippen molar-refractivity contribution in [3.05, 3.63) is 0 Å². The number of unbranched alkanes of at least 4 members (excludes halogenated alkanes) is 5. The first-order valence-electron chi connectivity index (χ1n) is 9.30. The fourth-order valence-electron chi connectivity index (χ4n) is 4.22. The highest BCUT2D eigenvalue weighted by atomic mass is 15.3. The lowest BCUT2D eigenvalue weighted by Crippen LogP contribution is -2.68. The predicted octanol–water partition coefficient (Wildman–Crippen LogP) is 4.34. The zero-order valence-electron chi connectivity index (χ0n) is 13.9. The van der Waals surface area contributed by atoms with E-state index in [9.17, 15) is 0 Å². The van der Waals surface area contributed by atoms with Crippen molar-refractivity contribution in [1.29, 1.82) is 0 Å². The largest absolute Gasteiger partial charge is 0.313 e. The van der Waals surface area contributed by atoms with Crippen LogP contribution in [-0.4, -0.2) is 36.1 Å². The van der Waals surface area contributed by atoms with Crippen LogP contribution in [0, 0.1) is 0 Å². The zero-order valence-corrected chi connectivity index (χ0v) is 13.9. The predicted molar refractivity (Wildman–Crippen MR) is 88.2 cm³/mol. The second-order valence-electron chi connectivity index (χ2n) is 7.12. The summed E-state index contributed by atoms with van der Waals surface area (Å²) in [6, 6.07) is 0.878. The highest BCUT2D eigenvalue weighted by molar-refractivity contribution is 5.07. The third-order valence-corrected chi connectivity index (χ3v) is 5.53. The Morgan fingerprint density at radius 1 is 0.950 bits per heavy atom. The van der Waals surface area contributed by atoms with Gasteiger partial charge in [-0.1, -0.05) is 58.8 Å². The third-order valence-electron chi connectivity index (χ3n) is 5.53. The van der Waals surface area contributed by atoms with Gasteiger partial charge in [-0.15, -0.1) is 0 Å². The molecule has 1 spiro atoms. The van der Waals surface area contributed by atoms with Gasteiger partial charge in [0.25, 0.3) is 0 Å². The molecule has 0 bridgehead atoms. The van der Waals surface area contributed by atoms with Gasteiger partial charge < -0.3 is 5.32 Å². The highest BCUT2D eigenvalue weighted by Gasteiger charge is 2.47. The van der Waals surface area contributed by atoms with E-state index in [2.05, 4.69) is 24.1 Å². The Kier molecular flexibility index (Phi) is 6.83. The molecular weight excluding hydrogens is 244 g/mol. The Morgan fingerprint density at radius 3 is 2.20 bits per heavy atom. The fourth-order valence-corrected chi connectivity index (χ4v) is 4.22. The van der Waals surface area contributed by atoms with Crippen molar-refractivity contribution in [2.24, 2.45) is 0 Å². The molecule has 2 heterocycles. The summed E-state index contributed by atoms with van der Waals surface area (Å²) in [4.78, 5) is 2.92. The molecular formula is C18H36N2. The van der Waals surface area contributed by atoms with Crippen molar-refractivity contribution < 1.29 is 0 Å². The molecule has 1 N–H and O–H groups in total. The van der Waals surface area contributed by atoms with Crippen LogP contribution in [0.3, 0.4) is 0 Å². The smallest absolute Gasteiger partial charge is 0.0461 e. The van der Waals surface area contributed by atoms with E-state index < -0.39 is 0 Å². The van der Waals surface area contributed by atoms with Gasteiger partial charge >= 0.3 is 0 Å². The van der Waals surface area contributed by atoms with Gasteiger partial charge in [-0.25, -0.2) is 0 Å². The highest BCUT2D eigenvalue weighted by Crippen LogP contribution is 2.37. The number of likely N-dealkylation sites (tertiary alicyclic amines) is 1. The average Bonchev–Trinajstić information content (AvgIpc) is 2.86. The fraction of sp³-hybridized carbons (Fsp3) is 1.00. The van der Waals surface area contributed by atoms with Crippen molar-refractivity contribution in [2.45, 2.75) is 96.1 Å². The van der Waals surface area contributed by atoms with Crippen molar-refractivity contribution in [3.63, 3.8) is 0 Å². The third kappa shape index (κ3) is 3.98. The Hall–Kier alpha value is -0.0800. The van der Waals surface area contributed by atoms with Gasteiger partial charge in [0.1, 0.15) is 0 Å². The molecule has 1 unspecified atom stereocenters. The molecule has 2 aliphatic rings. The molecule has 2 nitrogen and oxygen atoms in total. The molecule has 0 saturated carbocycles. The van der Waals surface area contributed by atoms with Gasteiger partial charge in [0.05, 0.1) is 0 Å². The first-order valence-corrected chi connectivity index (χ1v) is 9.30. The minimum atomic E-state index is 0.571. The molecule has 0 aliphatic carbocycles. The number of hydrogen-bond acceptors (Lipinski definition) is 2. The lowest BCUT2D eigenvalue weighted by Gasteiger charge is -2.50. The van der Waals surface area contributed by atoms with Crippen molar-refractivity contribution in [2.75, 3.05) is 19.6 Å². The molecule has 2 rings (SSSR count). The van der Waals surface area contributed by atoms with Crippen LogP contribution in [0.25, 0.3) is 0 Å². The maximum Gasteiger partial charge on any atom is 0.0461 e. The maximum absolute atomic E-state index is 3.53. The van der Waals surface area contributed by atoms with E-state index in [1.54, 1.807) is 0 Å². The van der Waals surface area contributed by atoms with Gasteiger partial charge in [-0.3, -0.25) is 4.90 Å². The molecule has 118 valence electrons. The van der Waals surface area contributed by atoms with E-state index in [1.807, 2.05) is 0 Å². The van der Waals surface area contributed by atoms with E-state index in [1.165, 1.54) is 90.3 Å². The summed E-state index contributed by atoms with van der Waals surface area (Å²) in [6.45, 7) is 8.52. The Bertz CT molecular complexity index is 260. The molecule has 0 radical (unpaired) electrons. The second-order valence-corrected chi connectivity index (χ2v) is 7.12. The SMILES string of the molecule is CCCCCCC(CCCCC)N1CCCC12CNC2. The average molecular weight is 280 g/mol. The minimum absolute atomic E-state index is 0.571. The molecule has 0 amide bonds. The molecule has 2 fully saturated rings. The van der Waals surface area contributed by atoms with E-state index in [-0.39, 0.29) is 0 Å². The summed E-state index contributed by atoms with van der Waals surface area (Å²) in [7, 11) is 0. The normalized spacial score (nSPS) is 23.1. The van der Waals surface area contributed by atoms with Gasteiger partial charge in [-0.2, -0.15) is 0 Å². The summed E-state index contributed by atoms with van der Waals surface area (Å²) in [5, 5.41) is 3.53. The quantitative estimate of drug-likeness (QED) is 0.599. The van der Waals surface area contributed by atoms with E-state index in [4.69, 9.17) is 0 Å². The van der Waals surface area contributed by atoms with Crippen molar-refractivity contribution in [1.82, 2.24) is 10.2 Å². The monoisotopic (exact) mass is 280 g/mol. The zero-order chi connectivity index (χ0) is 14.3. The Morgan fingerprint density at radius 2 is 1.60 bits per heavy atom. The molecule has 2 saturated heterocycles. The first-order chi connectivity index (χ1) is 9.82. The lowest BCUT2D eigenvalue weighted by molar-refractivity contribution is 0.0312. The van der Waals surface area contributed by atoms with Crippen LogP contribution in [0.4, 0.5) is 0 Å². The van der Waals surface area contributed by atoms with Gasteiger partial charge in [-0.05, 0) is 32.2 Å². The molecule has 2 aliphatic heterocycles. The number of nitrogens with zero attached hydrogens (tertiary/aromatic N) is 1. The molecule has 1 atom stereocenters. The summed E-state index contributed by atoms with van der Waals surface area (Å²) in [6.07, 6.45) is 15.7. The standard InChI is InChI=1S/C18H36N2/c1-3-5-7-9-12-17(11-8-6-4-2)20-14-10-13-18(20)15-19-16-18/h17,19H,3-16H2,1-2H3. The summed E-state index contributed by atoms with van der Waals surface area (Å²) < 4.78 is 0. The number of nitrogens with one attached hydrogen (secondary N) is 1. The van der Waals surface area contributed by atoms with Crippen LogP contribution in [0.5, 0.6) is 0 Å². The summed E-state index contributed by atoms with van der Waals surface area (Å²) in [5.41, 5.74) is 0.571. The lowest BCUT2D eigenvalue weighted by atomic mass is 9.87. The van der Waals surface area contributed by atoms with Crippen LogP contribution >= 0.6 is 0 Å². The van der Waals surface area contributed by atoms with Crippen LogP contribution in [0.2, 0.25) is 0 Å². The molecule has 20 heavy (non-hydrogen) atoms. The Labute approximate surface area is 126 Å².